The summed E-state index contributed by atoms with van der Waals surface area (Å²) in [4.78, 5) is 4.47. The minimum absolute atomic E-state index is 1.08. The number of fused-ring (bicyclic) bond motifs is 1. The number of rotatable bonds is 5. The summed E-state index contributed by atoms with van der Waals surface area (Å²) in [5, 5.41) is 4.39. The Kier molecular flexibility index (Phi) is 4.36. The van der Waals surface area contributed by atoms with Gasteiger partial charge in [0.05, 0.1) is 5.69 Å². The second kappa shape index (κ2) is 6.95. The van der Waals surface area contributed by atoms with E-state index in [0.29, 0.717) is 0 Å². The molecule has 0 aliphatic carbocycles. The third-order valence-electron chi connectivity index (χ3n) is 4.20. The quantitative estimate of drug-likeness (QED) is 0.389. The van der Waals surface area contributed by atoms with Gasteiger partial charge in [0, 0.05) is 34.7 Å². The molecule has 0 radical (unpaired) electrons. The molecule has 3 aromatic carbocycles. The van der Waals surface area contributed by atoms with Crippen LogP contribution in [-0.4, -0.2) is 12.0 Å². The monoisotopic (exact) mass is 345 g/mol. The van der Waals surface area contributed by atoms with Crippen LogP contribution in [0.2, 0.25) is 0 Å². The maximum Gasteiger partial charge on any atom is 0.0595 e. The third kappa shape index (κ3) is 3.35. The van der Waals surface area contributed by atoms with Crippen LogP contribution in [0.5, 0.6) is 0 Å². The molecule has 4 aromatic rings. The molecule has 4 heteroatoms. The lowest BCUT2D eigenvalue weighted by Gasteiger charge is -2.07. The molecular formula is C21H19N3S. The number of nitrogens with one attached hydrogen (secondary N) is 3. The third-order valence-corrected chi connectivity index (χ3v) is 5.04. The Morgan fingerprint density at radius 2 is 1.60 bits per heavy atom. The SMILES string of the molecule is CNc1c[nH]c2cc(NSc3ccc(-c4ccccc4)cc3)ccc12. The summed E-state index contributed by atoms with van der Waals surface area (Å²) in [6, 6.07) is 25.4. The topological polar surface area (TPSA) is 39.9 Å². The average molecular weight is 345 g/mol. The largest absolute Gasteiger partial charge is 0.386 e. The van der Waals surface area contributed by atoms with Crippen molar-refractivity contribution in [2.24, 2.45) is 0 Å². The molecule has 1 aromatic heterocycles. The molecule has 0 amide bonds. The van der Waals surface area contributed by atoms with Gasteiger partial charge in [-0.15, -0.1) is 0 Å². The van der Waals surface area contributed by atoms with Gasteiger partial charge in [-0.3, -0.25) is 0 Å². The van der Waals surface area contributed by atoms with Gasteiger partial charge < -0.3 is 15.0 Å². The van der Waals surface area contributed by atoms with Gasteiger partial charge in [-0.2, -0.15) is 0 Å². The van der Waals surface area contributed by atoms with Crippen LogP contribution in [0.25, 0.3) is 22.0 Å². The smallest absolute Gasteiger partial charge is 0.0595 e. The van der Waals surface area contributed by atoms with Gasteiger partial charge in [0.25, 0.3) is 0 Å². The van der Waals surface area contributed by atoms with E-state index < -0.39 is 0 Å². The lowest BCUT2D eigenvalue weighted by atomic mass is 10.1. The number of H-pyrrole nitrogens is 1. The molecule has 3 nitrogen and oxygen atoms in total. The highest BCUT2D eigenvalue weighted by Gasteiger charge is 2.03. The first kappa shape index (κ1) is 15.7. The molecule has 4 rings (SSSR count). The van der Waals surface area contributed by atoms with Crippen molar-refractivity contribution in [2.75, 3.05) is 17.1 Å². The molecule has 0 saturated carbocycles. The molecule has 0 bridgehead atoms. The number of hydrogen-bond donors (Lipinski definition) is 3. The van der Waals surface area contributed by atoms with E-state index in [2.05, 4.69) is 81.8 Å². The first-order chi connectivity index (χ1) is 12.3. The molecule has 0 atom stereocenters. The molecule has 25 heavy (non-hydrogen) atoms. The molecule has 0 spiro atoms. The molecule has 0 fully saturated rings. The van der Waals surface area contributed by atoms with E-state index in [1.54, 1.807) is 11.9 Å². The van der Waals surface area contributed by atoms with Gasteiger partial charge >= 0.3 is 0 Å². The molecule has 0 aliphatic rings. The van der Waals surface area contributed by atoms with Crippen molar-refractivity contribution < 1.29 is 0 Å². The fourth-order valence-corrected chi connectivity index (χ4v) is 3.50. The van der Waals surface area contributed by atoms with E-state index in [4.69, 9.17) is 0 Å². The minimum Gasteiger partial charge on any atom is -0.386 e. The summed E-state index contributed by atoms with van der Waals surface area (Å²) in [6.07, 6.45) is 1.99. The molecule has 0 unspecified atom stereocenters. The summed E-state index contributed by atoms with van der Waals surface area (Å²) in [5.74, 6) is 0. The van der Waals surface area contributed by atoms with Crippen LogP contribution in [0.4, 0.5) is 11.4 Å². The van der Waals surface area contributed by atoms with Gasteiger partial charge in [-0.05, 0) is 53.4 Å². The molecule has 3 N–H and O–H groups in total. The van der Waals surface area contributed by atoms with Gasteiger partial charge in [-0.1, -0.05) is 42.5 Å². The van der Waals surface area contributed by atoms with E-state index in [9.17, 15) is 0 Å². The highest BCUT2D eigenvalue weighted by atomic mass is 32.2. The van der Waals surface area contributed by atoms with E-state index in [1.165, 1.54) is 21.4 Å². The number of anilines is 2. The Labute approximate surface area is 151 Å². The number of aromatic nitrogens is 1. The van der Waals surface area contributed by atoms with Crippen molar-refractivity contribution in [1.29, 1.82) is 0 Å². The Morgan fingerprint density at radius 3 is 2.36 bits per heavy atom. The van der Waals surface area contributed by atoms with E-state index >= 15 is 0 Å². The van der Waals surface area contributed by atoms with E-state index in [0.717, 1.165) is 16.9 Å². The molecular weight excluding hydrogens is 326 g/mol. The highest BCUT2D eigenvalue weighted by molar-refractivity contribution is 8.00. The Balaban J connectivity index is 1.46. The van der Waals surface area contributed by atoms with Crippen LogP contribution in [0.15, 0.2) is 83.9 Å². The van der Waals surface area contributed by atoms with Crippen molar-refractivity contribution in [3.8, 4) is 11.1 Å². The standard InChI is InChI=1S/C21H19N3S/c1-22-21-14-23-20-13-17(9-12-19(20)21)24-25-18-10-7-16(8-11-18)15-5-3-2-4-6-15/h2-14,22-24H,1H3. The molecule has 0 saturated heterocycles. The van der Waals surface area contributed by atoms with Gasteiger partial charge in [0.1, 0.15) is 0 Å². The van der Waals surface area contributed by atoms with Crippen LogP contribution in [0.1, 0.15) is 0 Å². The van der Waals surface area contributed by atoms with Crippen LogP contribution in [-0.2, 0) is 0 Å². The Bertz CT molecular complexity index is 975. The maximum atomic E-state index is 3.42. The summed E-state index contributed by atoms with van der Waals surface area (Å²) in [6.45, 7) is 0. The summed E-state index contributed by atoms with van der Waals surface area (Å²) < 4.78 is 3.42. The van der Waals surface area contributed by atoms with Crippen molar-refractivity contribution in [3.63, 3.8) is 0 Å². The number of hydrogen-bond acceptors (Lipinski definition) is 3. The summed E-state index contributed by atoms with van der Waals surface area (Å²) >= 11 is 1.62. The normalized spacial score (nSPS) is 10.8. The highest BCUT2D eigenvalue weighted by Crippen LogP contribution is 2.29. The zero-order valence-electron chi connectivity index (χ0n) is 13.9. The predicted octanol–water partition coefficient (Wildman–Crippen LogP) is 6.00. The lowest BCUT2D eigenvalue weighted by Crippen LogP contribution is -1.88. The van der Waals surface area contributed by atoms with Crippen molar-refractivity contribution >= 4 is 34.2 Å². The van der Waals surface area contributed by atoms with Crippen LogP contribution < -0.4 is 10.0 Å². The van der Waals surface area contributed by atoms with Gasteiger partial charge in [0.15, 0.2) is 0 Å². The summed E-state index contributed by atoms with van der Waals surface area (Å²) in [7, 11) is 1.93. The van der Waals surface area contributed by atoms with Gasteiger partial charge in [-0.25, -0.2) is 0 Å². The number of aromatic amines is 1. The average Bonchev–Trinajstić information content (AvgIpc) is 3.10. The van der Waals surface area contributed by atoms with Crippen molar-refractivity contribution in [1.82, 2.24) is 4.98 Å². The second-order valence-electron chi connectivity index (χ2n) is 5.81. The molecule has 124 valence electrons. The Morgan fingerprint density at radius 1 is 0.840 bits per heavy atom. The predicted molar refractivity (Wildman–Crippen MR) is 109 cm³/mol. The first-order valence-corrected chi connectivity index (χ1v) is 9.02. The molecule has 1 heterocycles. The van der Waals surface area contributed by atoms with Crippen molar-refractivity contribution in [2.45, 2.75) is 4.90 Å². The summed E-state index contributed by atoms with van der Waals surface area (Å²) in [5.41, 5.74) is 5.79. The lowest BCUT2D eigenvalue weighted by molar-refractivity contribution is 1.45. The minimum atomic E-state index is 1.08. The van der Waals surface area contributed by atoms with Crippen LogP contribution >= 0.6 is 11.9 Å². The molecule has 0 aliphatic heterocycles. The Hall–Kier alpha value is -2.85. The van der Waals surface area contributed by atoms with Gasteiger partial charge in [0.2, 0.25) is 0 Å². The fraction of sp³-hybridized carbons (Fsp3) is 0.0476. The maximum absolute atomic E-state index is 3.42. The van der Waals surface area contributed by atoms with Crippen molar-refractivity contribution in [3.05, 3.63) is 79.0 Å². The number of benzene rings is 3. The zero-order chi connectivity index (χ0) is 17.1. The fourth-order valence-electron chi connectivity index (χ4n) is 2.86. The zero-order valence-corrected chi connectivity index (χ0v) is 14.7. The van der Waals surface area contributed by atoms with Crippen LogP contribution in [0, 0.1) is 0 Å². The second-order valence-corrected chi connectivity index (χ2v) is 6.69. The first-order valence-electron chi connectivity index (χ1n) is 8.21. The van der Waals surface area contributed by atoms with E-state index in [1.807, 2.05) is 19.3 Å². The van der Waals surface area contributed by atoms with Crippen LogP contribution in [0.3, 0.4) is 0 Å². The van der Waals surface area contributed by atoms with E-state index in [-0.39, 0.29) is 0 Å².